The third kappa shape index (κ3) is 18.2. The minimum absolute atomic E-state index is 0.0160. The number of ketones is 1. The number of carbonyl (C=O) groups is 2. The van der Waals surface area contributed by atoms with Crippen LogP contribution in [0.25, 0.3) is 0 Å². The van der Waals surface area contributed by atoms with Crippen LogP contribution in [0.3, 0.4) is 0 Å². The Labute approximate surface area is 387 Å². The highest BCUT2D eigenvalue weighted by atomic mass is 16.7. The number of rotatable bonds is 32. The van der Waals surface area contributed by atoms with Gasteiger partial charge in [0.2, 0.25) is 0 Å². The largest absolute Gasteiger partial charge is 0.463 e. The van der Waals surface area contributed by atoms with Gasteiger partial charge in [0.25, 0.3) is 0 Å². The molecule has 1 spiro atoms. The van der Waals surface area contributed by atoms with Gasteiger partial charge in [0, 0.05) is 19.4 Å². The fourth-order valence-corrected chi connectivity index (χ4v) is 7.89. The molecule has 2 saturated heterocycles. The van der Waals surface area contributed by atoms with Crippen molar-refractivity contribution in [3.63, 3.8) is 0 Å². The molecule has 3 aromatic rings. The van der Waals surface area contributed by atoms with E-state index in [1.54, 1.807) is 0 Å². The van der Waals surface area contributed by atoms with Gasteiger partial charge in [-0.1, -0.05) is 91.0 Å². The Morgan fingerprint density at radius 3 is 1.57 bits per heavy atom. The molecule has 3 unspecified atom stereocenters. The second kappa shape index (κ2) is 29.2. The predicted octanol–water partition coefficient (Wildman–Crippen LogP) is 7.80. The van der Waals surface area contributed by atoms with Gasteiger partial charge < -0.3 is 47.4 Å². The molecule has 1 N–H and O–H groups in total. The summed E-state index contributed by atoms with van der Waals surface area (Å²) in [6.07, 6.45) is 4.41. The van der Waals surface area contributed by atoms with Crippen molar-refractivity contribution in [2.75, 3.05) is 85.8 Å². The molecule has 13 heteroatoms. The number of hydrogen-bond acceptors (Lipinski definition) is 13. The van der Waals surface area contributed by atoms with Gasteiger partial charge in [-0.25, -0.2) is 0 Å². The van der Waals surface area contributed by atoms with E-state index in [1.807, 2.05) is 82.3 Å². The number of carbonyl (C=O) groups excluding carboxylic acids is 2. The van der Waals surface area contributed by atoms with E-state index in [4.69, 9.17) is 47.4 Å². The van der Waals surface area contributed by atoms with Gasteiger partial charge in [0.05, 0.1) is 102 Å². The fraction of sp³-hybridized carbons (Fsp3) is 0.615. The van der Waals surface area contributed by atoms with Gasteiger partial charge in [-0.3, -0.25) is 14.9 Å². The maximum absolute atomic E-state index is 13.3. The highest BCUT2D eigenvalue weighted by Crippen LogP contribution is 2.37. The molecule has 65 heavy (non-hydrogen) atoms. The Kier molecular flexibility index (Phi) is 23.5. The number of unbranched alkanes of at least 4 members (excludes halogenated alkanes) is 2. The molecular weight excluding hydrogens is 831 g/mol. The first-order valence-electron chi connectivity index (χ1n) is 23.8. The van der Waals surface area contributed by atoms with Crippen molar-refractivity contribution >= 4 is 11.8 Å². The maximum Gasteiger partial charge on any atom is 0.305 e. The summed E-state index contributed by atoms with van der Waals surface area (Å²) in [4.78, 5) is 25.6. The molecular formula is C52H75NO12. The third-order valence-corrected chi connectivity index (χ3v) is 11.6. The predicted molar refractivity (Wildman–Crippen MR) is 247 cm³/mol. The number of benzene rings is 3. The molecule has 5 rings (SSSR count). The van der Waals surface area contributed by atoms with Gasteiger partial charge >= 0.3 is 5.97 Å². The topological polar surface area (TPSA) is 138 Å². The first-order valence-corrected chi connectivity index (χ1v) is 23.8. The molecule has 13 nitrogen and oxygen atoms in total. The Morgan fingerprint density at radius 2 is 1.06 bits per heavy atom. The quantitative estimate of drug-likeness (QED) is 0.0371. The Morgan fingerprint density at radius 1 is 0.600 bits per heavy atom. The van der Waals surface area contributed by atoms with Crippen LogP contribution in [0.2, 0.25) is 0 Å². The lowest BCUT2D eigenvalue weighted by atomic mass is 9.77. The normalized spacial score (nSPS) is 20.3. The summed E-state index contributed by atoms with van der Waals surface area (Å²) in [7, 11) is 0. The highest BCUT2D eigenvalue weighted by Gasteiger charge is 2.42. The summed E-state index contributed by atoms with van der Waals surface area (Å²) in [5.41, 5.74) is 2.23. The Bertz CT molecular complexity index is 1620. The van der Waals surface area contributed by atoms with Crippen molar-refractivity contribution in [3.05, 3.63) is 108 Å². The molecule has 360 valence electrons. The molecule has 2 fully saturated rings. The first kappa shape index (κ1) is 52.4. The van der Waals surface area contributed by atoms with Crippen molar-refractivity contribution in [1.82, 2.24) is 5.32 Å². The van der Waals surface area contributed by atoms with E-state index in [9.17, 15) is 9.59 Å². The minimum atomic E-state index is -0.674. The van der Waals surface area contributed by atoms with Gasteiger partial charge in [0.1, 0.15) is 12.4 Å². The molecule has 2 aliphatic rings. The average Bonchev–Trinajstić information content (AvgIpc) is 3.34. The standard InChI is InChI=1S/C52H75NO12/c1-5-56-29-31-58-42(3)35-61-43(4)36-60-41(2)34-57-30-32-59-48(55)26-16-18-28-50-64-39-51(40-65-50)37-62-49(63-38-51)27-17-15-25-47(54)33-53-52(44-19-9-6-10-20-44,45-21-11-7-12-22-45)46-23-13-8-14-24-46/h6-14,19-24,41-43,49-50,53H,5,15-18,25-40H2,1-4H3. The molecule has 0 aliphatic carbocycles. The zero-order valence-corrected chi connectivity index (χ0v) is 39.3. The van der Waals surface area contributed by atoms with Crippen LogP contribution >= 0.6 is 0 Å². The summed E-state index contributed by atoms with van der Waals surface area (Å²) >= 11 is 0. The zero-order chi connectivity index (χ0) is 46.0. The lowest BCUT2D eigenvalue weighted by Gasteiger charge is -2.43. The lowest BCUT2D eigenvalue weighted by Crippen LogP contribution is -2.52. The van der Waals surface area contributed by atoms with E-state index < -0.39 is 5.54 Å². The molecule has 2 heterocycles. The van der Waals surface area contributed by atoms with E-state index in [1.165, 1.54) is 0 Å². The van der Waals surface area contributed by atoms with Crippen LogP contribution in [-0.2, 0) is 62.5 Å². The van der Waals surface area contributed by atoms with Gasteiger partial charge in [-0.05, 0) is 82.9 Å². The summed E-state index contributed by atoms with van der Waals surface area (Å²) < 4.78 is 58.0. The fourth-order valence-electron chi connectivity index (χ4n) is 7.89. The third-order valence-electron chi connectivity index (χ3n) is 11.6. The minimum Gasteiger partial charge on any atom is -0.463 e. The van der Waals surface area contributed by atoms with E-state index >= 15 is 0 Å². The molecule has 0 amide bonds. The number of hydrogen-bond donors (Lipinski definition) is 1. The molecule has 2 aliphatic heterocycles. The summed E-state index contributed by atoms with van der Waals surface area (Å²) in [5, 5.41) is 3.70. The SMILES string of the molecule is CCOCCOC(C)COC(C)COC(C)COCCOC(=O)CCCCC1OCC2(COC(CCCCC(=O)CNC(c3ccccc3)(c3ccccc3)c3ccccc3)OC2)CO1. The van der Waals surface area contributed by atoms with Gasteiger partial charge in [0.15, 0.2) is 12.6 Å². The monoisotopic (exact) mass is 906 g/mol. The van der Waals surface area contributed by atoms with Crippen molar-refractivity contribution < 1.29 is 57.0 Å². The summed E-state index contributed by atoms with van der Waals surface area (Å²) in [6, 6.07) is 31.0. The number of nitrogens with one attached hydrogen (secondary N) is 1. The lowest BCUT2D eigenvalue weighted by molar-refractivity contribution is -0.304. The second-order valence-corrected chi connectivity index (χ2v) is 17.3. The van der Waals surface area contributed by atoms with Gasteiger partial charge in [-0.15, -0.1) is 0 Å². The van der Waals surface area contributed by atoms with Crippen LogP contribution in [0.1, 0.15) is 95.8 Å². The Hall–Kier alpha value is -3.60. The second-order valence-electron chi connectivity index (χ2n) is 17.3. The van der Waals surface area contributed by atoms with E-state index in [2.05, 4.69) is 41.7 Å². The summed E-state index contributed by atoms with van der Waals surface area (Å²) in [6.45, 7) is 13.7. The smallest absolute Gasteiger partial charge is 0.305 e. The van der Waals surface area contributed by atoms with Crippen LogP contribution in [0.4, 0.5) is 0 Å². The van der Waals surface area contributed by atoms with Crippen molar-refractivity contribution in [2.45, 2.75) is 115 Å². The molecule has 3 atom stereocenters. The van der Waals surface area contributed by atoms with E-state index in [0.717, 1.165) is 42.4 Å². The molecule has 0 radical (unpaired) electrons. The van der Waals surface area contributed by atoms with Crippen LogP contribution in [0, 0.1) is 5.41 Å². The average molecular weight is 906 g/mol. The van der Waals surface area contributed by atoms with E-state index in [-0.39, 0.29) is 61.2 Å². The van der Waals surface area contributed by atoms with Crippen LogP contribution in [0.5, 0.6) is 0 Å². The van der Waals surface area contributed by atoms with Crippen molar-refractivity contribution in [3.8, 4) is 0 Å². The van der Waals surface area contributed by atoms with Crippen molar-refractivity contribution in [2.24, 2.45) is 5.41 Å². The van der Waals surface area contributed by atoms with Crippen molar-refractivity contribution in [1.29, 1.82) is 0 Å². The first-order chi connectivity index (χ1) is 31.7. The van der Waals surface area contributed by atoms with E-state index in [0.29, 0.717) is 98.4 Å². The molecule has 0 aromatic heterocycles. The number of ether oxygens (including phenoxy) is 10. The highest BCUT2D eigenvalue weighted by molar-refractivity contribution is 5.80. The van der Waals surface area contributed by atoms with Crippen LogP contribution < -0.4 is 5.32 Å². The van der Waals surface area contributed by atoms with Crippen LogP contribution in [-0.4, -0.2) is 128 Å². The Balaban J connectivity index is 0.867. The van der Waals surface area contributed by atoms with Crippen LogP contribution in [0.15, 0.2) is 91.0 Å². The number of esters is 1. The maximum atomic E-state index is 13.3. The zero-order valence-electron chi connectivity index (χ0n) is 39.3. The molecule has 0 bridgehead atoms. The summed E-state index contributed by atoms with van der Waals surface area (Å²) in [5.74, 6) is -0.0805. The molecule has 3 aromatic carbocycles. The molecule has 0 saturated carbocycles. The van der Waals surface area contributed by atoms with Gasteiger partial charge in [-0.2, -0.15) is 0 Å². The number of Topliss-reactive ketones (excluding diaryl/α,β-unsaturated/α-hetero) is 1.